The molecule has 5 aromatic carbocycles. The lowest BCUT2D eigenvalue weighted by molar-refractivity contribution is -0.384. The molecule has 2 N–H and O–H groups in total. The van der Waals surface area contributed by atoms with E-state index in [1.54, 1.807) is 89.8 Å². The molecule has 3 heterocycles. The number of furan rings is 2. The van der Waals surface area contributed by atoms with E-state index in [1.165, 1.54) is 36.8 Å². The van der Waals surface area contributed by atoms with Crippen molar-refractivity contribution in [3.05, 3.63) is 185 Å². The van der Waals surface area contributed by atoms with E-state index in [4.69, 9.17) is 23.0 Å². The van der Waals surface area contributed by atoms with Gasteiger partial charge in [0.2, 0.25) is 0 Å². The van der Waals surface area contributed by atoms with Gasteiger partial charge in [0, 0.05) is 30.1 Å². The van der Waals surface area contributed by atoms with Crippen LogP contribution in [0.2, 0.25) is 0 Å². The first-order valence-electron chi connectivity index (χ1n) is 18.4. The molecule has 0 bridgehead atoms. The Hall–Kier alpha value is -8.13. The molecule has 14 nitrogen and oxygen atoms in total. The number of benzene rings is 5. The highest BCUT2D eigenvalue weighted by atomic mass is 16.6. The first kappa shape index (κ1) is 39.1. The molecule has 0 unspecified atom stereocenters. The Morgan fingerprint density at radius 2 is 1.25 bits per heavy atom. The second-order valence-electron chi connectivity index (χ2n) is 12.9. The third kappa shape index (κ3) is 10.4. The summed E-state index contributed by atoms with van der Waals surface area (Å²) in [7, 11) is 0. The monoisotopic (exact) mass is 792 g/mol. The number of nitrogens with one attached hydrogen (secondary N) is 2. The number of rotatable bonds is 12. The summed E-state index contributed by atoms with van der Waals surface area (Å²) in [6.45, 7) is 0.496. The number of carbonyl (C=O) groups excluding carboxylic acids is 3. The summed E-state index contributed by atoms with van der Waals surface area (Å²) in [6, 6.07) is 41.1. The number of hydrogen-bond acceptors (Lipinski definition) is 10. The van der Waals surface area contributed by atoms with Crippen LogP contribution in [0, 0.1) is 10.1 Å². The fraction of sp³-hybridized carbons (Fsp3) is 0.0889. The molecule has 0 saturated heterocycles. The molecule has 1 aliphatic heterocycles. The van der Waals surface area contributed by atoms with Crippen molar-refractivity contribution in [1.82, 2.24) is 0 Å². The highest BCUT2D eigenvalue weighted by Gasteiger charge is 2.28. The number of hydrogen-bond donors (Lipinski definition) is 2. The number of nitro benzene ring substituents is 1. The minimum atomic E-state index is -0.469. The maximum atomic E-state index is 13.0. The number of aryl methyl sites for hydroxylation is 1. The molecule has 7 aromatic rings. The van der Waals surface area contributed by atoms with Gasteiger partial charge in [-0.3, -0.25) is 24.5 Å². The molecule has 1 aliphatic rings. The lowest BCUT2D eigenvalue weighted by atomic mass is 10.0. The summed E-state index contributed by atoms with van der Waals surface area (Å²) in [5.41, 5.74) is 3.03. The second kappa shape index (κ2) is 18.7. The quantitative estimate of drug-likeness (QED) is 0.0895. The summed E-state index contributed by atoms with van der Waals surface area (Å²) in [6.07, 6.45) is 4.68. The number of non-ortho nitro benzene ring substituents is 1. The molecule has 0 aliphatic carbocycles. The van der Waals surface area contributed by atoms with Gasteiger partial charge in [-0.2, -0.15) is 0 Å². The van der Waals surface area contributed by atoms with Gasteiger partial charge in [0.25, 0.3) is 23.4 Å². The van der Waals surface area contributed by atoms with Crippen LogP contribution in [0.25, 0.3) is 0 Å². The largest absolute Gasteiger partial charge is 0.484 e. The molecule has 2 aromatic heterocycles. The van der Waals surface area contributed by atoms with E-state index >= 15 is 0 Å². The van der Waals surface area contributed by atoms with Crippen molar-refractivity contribution in [1.29, 1.82) is 0 Å². The predicted octanol–water partition coefficient (Wildman–Crippen LogP) is 9.91. The molecule has 296 valence electrons. The van der Waals surface area contributed by atoms with Crippen LogP contribution in [0.3, 0.4) is 0 Å². The van der Waals surface area contributed by atoms with E-state index in [0.717, 1.165) is 24.1 Å². The van der Waals surface area contributed by atoms with Crippen LogP contribution >= 0.6 is 0 Å². The Labute approximate surface area is 337 Å². The molecule has 0 radical (unpaired) electrons. The number of amides is 3. The van der Waals surface area contributed by atoms with Gasteiger partial charge >= 0.3 is 0 Å². The Bertz CT molecular complexity index is 2490. The van der Waals surface area contributed by atoms with Gasteiger partial charge in [0.1, 0.15) is 23.0 Å². The maximum absolute atomic E-state index is 13.0. The zero-order valence-electron chi connectivity index (χ0n) is 31.3. The number of fused-ring (bicyclic) bond motifs is 1. The van der Waals surface area contributed by atoms with Gasteiger partial charge in [-0.05, 0) is 122 Å². The highest BCUT2D eigenvalue weighted by Crippen LogP contribution is 2.39. The average molecular weight is 793 g/mol. The van der Waals surface area contributed by atoms with Crippen molar-refractivity contribution in [2.45, 2.75) is 12.8 Å². The maximum Gasteiger partial charge on any atom is 0.294 e. The number of nitrogens with zero attached hydrogens (tertiary/aromatic N) is 2. The van der Waals surface area contributed by atoms with E-state index < -0.39 is 4.92 Å². The number of carbonyl (C=O) groups is 3. The third-order valence-corrected chi connectivity index (χ3v) is 8.78. The minimum absolute atomic E-state index is 0.00173. The van der Waals surface area contributed by atoms with E-state index in [0.29, 0.717) is 52.4 Å². The van der Waals surface area contributed by atoms with Crippen molar-refractivity contribution in [3.63, 3.8) is 0 Å². The topological polar surface area (TPSA) is 176 Å². The number of ether oxygens (including phenoxy) is 3. The minimum Gasteiger partial charge on any atom is -0.484 e. The van der Waals surface area contributed by atoms with Crippen LogP contribution in [-0.4, -0.2) is 35.8 Å². The normalized spacial score (nSPS) is 11.6. The molecular weight excluding hydrogens is 757 g/mol. The first-order chi connectivity index (χ1) is 28.8. The van der Waals surface area contributed by atoms with Gasteiger partial charge in [-0.15, -0.1) is 0 Å². The van der Waals surface area contributed by atoms with Crippen molar-refractivity contribution in [3.8, 4) is 28.7 Å². The molecule has 59 heavy (non-hydrogen) atoms. The molecule has 0 spiro atoms. The fourth-order valence-electron chi connectivity index (χ4n) is 6.01. The third-order valence-electron chi connectivity index (χ3n) is 8.78. The fourth-order valence-corrected chi connectivity index (χ4v) is 6.01. The summed E-state index contributed by atoms with van der Waals surface area (Å²) in [4.78, 5) is 48.9. The molecule has 3 amide bonds. The van der Waals surface area contributed by atoms with Crippen molar-refractivity contribution >= 4 is 40.5 Å². The molecule has 0 fully saturated rings. The van der Waals surface area contributed by atoms with Crippen LogP contribution in [-0.2, 0) is 11.2 Å². The van der Waals surface area contributed by atoms with Crippen LogP contribution in [0.4, 0.5) is 22.7 Å². The zero-order valence-corrected chi connectivity index (χ0v) is 31.3. The Morgan fingerprint density at radius 1 is 0.644 bits per heavy atom. The molecule has 0 saturated carbocycles. The highest BCUT2D eigenvalue weighted by molar-refractivity contribution is 6.06. The standard InChI is InChI=1S/C25H20N2O5.C20H16N2O5/c28-24(21-8-3-15-30-21)26-18-10-12-19(13-11-18)32-20-7-1-5-17-6-2-14-27(23(17)20)25(29)22-9-4-16-31-22;23-20(14-26-17-4-2-1-3-5-17)21-15-6-10-18(11-7-15)27-19-12-8-16(9-13-19)22(24)25/h1,3-5,7-13,15-16H,2,6,14H2,(H,26,28);1-13H,14H2,(H,21,23). The first-order valence-corrected chi connectivity index (χ1v) is 18.4. The molecule has 14 heteroatoms. The van der Waals surface area contributed by atoms with Crippen molar-refractivity contribution < 1.29 is 42.4 Å². The van der Waals surface area contributed by atoms with Gasteiger partial charge in [-0.25, -0.2) is 0 Å². The molecule has 0 atom stereocenters. The van der Waals surface area contributed by atoms with Crippen LogP contribution in [0.5, 0.6) is 28.7 Å². The average Bonchev–Trinajstić information content (AvgIpc) is 4.02. The smallest absolute Gasteiger partial charge is 0.294 e. The second-order valence-corrected chi connectivity index (χ2v) is 12.9. The van der Waals surface area contributed by atoms with Gasteiger partial charge < -0.3 is 38.6 Å². The lowest BCUT2D eigenvalue weighted by Gasteiger charge is -2.30. The van der Waals surface area contributed by atoms with Crippen LogP contribution in [0.1, 0.15) is 33.1 Å². The van der Waals surface area contributed by atoms with Gasteiger partial charge in [0.05, 0.1) is 23.1 Å². The van der Waals surface area contributed by atoms with Gasteiger partial charge in [-0.1, -0.05) is 30.3 Å². The van der Waals surface area contributed by atoms with E-state index in [-0.39, 0.29) is 35.8 Å². The summed E-state index contributed by atoms with van der Waals surface area (Å²) < 4.78 is 27.6. The zero-order chi connectivity index (χ0) is 41.0. The predicted molar refractivity (Wildman–Crippen MR) is 219 cm³/mol. The Morgan fingerprint density at radius 3 is 1.88 bits per heavy atom. The summed E-state index contributed by atoms with van der Waals surface area (Å²) >= 11 is 0. The van der Waals surface area contributed by atoms with Crippen molar-refractivity contribution in [2.75, 3.05) is 28.7 Å². The van der Waals surface area contributed by atoms with Crippen molar-refractivity contribution in [2.24, 2.45) is 0 Å². The van der Waals surface area contributed by atoms with Crippen LogP contribution < -0.4 is 29.7 Å². The van der Waals surface area contributed by atoms with Crippen LogP contribution in [0.15, 0.2) is 167 Å². The van der Waals surface area contributed by atoms with E-state index in [1.807, 2.05) is 36.4 Å². The number of anilines is 3. The Kier molecular flexibility index (Phi) is 12.4. The van der Waals surface area contributed by atoms with Gasteiger partial charge in [0.15, 0.2) is 23.9 Å². The molecule has 8 rings (SSSR count). The number of para-hydroxylation sites is 2. The SMILES string of the molecule is O=C(COc1ccccc1)Nc1ccc(Oc2ccc([N+](=O)[O-])cc2)cc1.O=C(Nc1ccc(Oc2cccc3c2N(C(=O)c2ccco2)CCC3)cc1)c1ccco1. The lowest BCUT2D eigenvalue weighted by Crippen LogP contribution is -2.35. The van der Waals surface area contributed by atoms with E-state index in [9.17, 15) is 24.5 Å². The molecular formula is C45H36N4O10. The number of nitro groups is 1. The summed E-state index contributed by atoms with van der Waals surface area (Å²) in [5.74, 6) is 2.57. The Balaban J connectivity index is 0.000000182. The summed E-state index contributed by atoms with van der Waals surface area (Å²) in [5, 5.41) is 16.1. The van der Waals surface area contributed by atoms with E-state index in [2.05, 4.69) is 10.6 Å².